The van der Waals surface area contributed by atoms with Gasteiger partial charge in [0.25, 0.3) is 5.89 Å². The first-order valence-corrected chi connectivity index (χ1v) is 7.49. The molecule has 0 bridgehead atoms. The average molecular weight is 287 g/mol. The van der Waals surface area contributed by atoms with Crippen LogP contribution in [0.1, 0.15) is 37.6 Å². The summed E-state index contributed by atoms with van der Waals surface area (Å²) < 4.78 is 11.3. The number of rotatable bonds is 4. The molecule has 2 heterocycles. The summed E-state index contributed by atoms with van der Waals surface area (Å²) in [5, 5.41) is 4.15. The van der Waals surface area contributed by atoms with Gasteiger partial charge in [0.05, 0.1) is 0 Å². The molecule has 5 heteroatoms. The van der Waals surface area contributed by atoms with E-state index >= 15 is 0 Å². The Morgan fingerprint density at radius 2 is 2.14 bits per heavy atom. The van der Waals surface area contributed by atoms with E-state index in [1.807, 2.05) is 31.2 Å². The number of nitrogens with zero attached hydrogens (tertiary/aromatic N) is 2. The molecule has 2 N–H and O–H groups in total. The monoisotopic (exact) mass is 287 g/mol. The lowest BCUT2D eigenvalue weighted by atomic mass is 9.95. The second-order valence-electron chi connectivity index (χ2n) is 5.66. The van der Waals surface area contributed by atoms with Gasteiger partial charge in [0.1, 0.15) is 5.60 Å². The van der Waals surface area contributed by atoms with E-state index in [-0.39, 0.29) is 0 Å². The lowest BCUT2D eigenvalue weighted by Crippen LogP contribution is -2.31. The molecule has 1 unspecified atom stereocenters. The summed E-state index contributed by atoms with van der Waals surface area (Å²) in [6.07, 6.45) is 3.95. The number of hydrogen-bond acceptors (Lipinski definition) is 5. The number of ether oxygens (including phenoxy) is 1. The molecular formula is C16H21N3O2. The van der Waals surface area contributed by atoms with Crippen molar-refractivity contribution in [3.05, 3.63) is 35.7 Å². The van der Waals surface area contributed by atoms with Crippen LogP contribution >= 0.6 is 0 Å². The molecule has 0 saturated carbocycles. The SMILES string of the molecule is CC1(c2noc(-c3ccccc3CCN)n2)CCCCO1. The molecule has 2 aromatic rings. The van der Waals surface area contributed by atoms with Crippen LogP contribution in [0, 0.1) is 0 Å². The normalized spacial score (nSPS) is 22.4. The molecule has 112 valence electrons. The number of aromatic nitrogens is 2. The number of benzene rings is 1. The first kappa shape index (κ1) is 14.2. The molecule has 0 aliphatic carbocycles. The maximum atomic E-state index is 5.87. The Bertz CT molecular complexity index is 603. The lowest BCUT2D eigenvalue weighted by molar-refractivity contribution is -0.0770. The summed E-state index contributed by atoms with van der Waals surface area (Å²) in [4.78, 5) is 4.58. The van der Waals surface area contributed by atoms with Gasteiger partial charge in [-0.25, -0.2) is 0 Å². The van der Waals surface area contributed by atoms with Crippen LogP contribution in [0.25, 0.3) is 11.5 Å². The predicted octanol–water partition coefficient (Wildman–Crippen LogP) is 2.65. The molecular weight excluding hydrogens is 266 g/mol. The first-order valence-electron chi connectivity index (χ1n) is 7.49. The third-order valence-corrected chi connectivity index (χ3v) is 4.03. The molecule has 5 nitrogen and oxygen atoms in total. The van der Waals surface area contributed by atoms with E-state index < -0.39 is 5.60 Å². The van der Waals surface area contributed by atoms with Crippen molar-refractivity contribution >= 4 is 0 Å². The summed E-state index contributed by atoms with van der Waals surface area (Å²) >= 11 is 0. The van der Waals surface area contributed by atoms with Crippen molar-refractivity contribution < 1.29 is 9.26 Å². The van der Waals surface area contributed by atoms with Gasteiger partial charge in [-0.2, -0.15) is 4.98 Å². The maximum absolute atomic E-state index is 5.87. The highest BCUT2D eigenvalue weighted by Crippen LogP contribution is 2.34. The van der Waals surface area contributed by atoms with E-state index in [1.54, 1.807) is 0 Å². The lowest BCUT2D eigenvalue weighted by Gasteiger charge is -2.30. The van der Waals surface area contributed by atoms with Crippen LogP contribution in [0.4, 0.5) is 0 Å². The van der Waals surface area contributed by atoms with E-state index in [0.29, 0.717) is 18.3 Å². The molecule has 1 fully saturated rings. The second-order valence-corrected chi connectivity index (χ2v) is 5.66. The van der Waals surface area contributed by atoms with Crippen LogP contribution in [-0.2, 0) is 16.8 Å². The fraction of sp³-hybridized carbons (Fsp3) is 0.500. The second kappa shape index (κ2) is 5.95. The molecule has 0 spiro atoms. The molecule has 3 rings (SSSR count). The molecule has 1 aromatic heterocycles. The highest BCUT2D eigenvalue weighted by molar-refractivity contribution is 5.58. The molecule has 1 aliphatic heterocycles. The van der Waals surface area contributed by atoms with Crippen LogP contribution in [0.2, 0.25) is 0 Å². The van der Waals surface area contributed by atoms with Gasteiger partial charge in [0.15, 0.2) is 0 Å². The van der Waals surface area contributed by atoms with E-state index in [4.69, 9.17) is 15.0 Å². The summed E-state index contributed by atoms with van der Waals surface area (Å²) in [5.41, 5.74) is 7.33. The Hall–Kier alpha value is -1.72. The summed E-state index contributed by atoms with van der Waals surface area (Å²) in [7, 11) is 0. The molecule has 1 atom stereocenters. The minimum atomic E-state index is -0.428. The molecule has 1 saturated heterocycles. The van der Waals surface area contributed by atoms with Crippen LogP contribution in [0.5, 0.6) is 0 Å². The van der Waals surface area contributed by atoms with Crippen molar-refractivity contribution in [3.63, 3.8) is 0 Å². The highest BCUT2D eigenvalue weighted by Gasteiger charge is 2.35. The fourth-order valence-corrected chi connectivity index (χ4v) is 2.76. The van der Waals surface area contributed by atoms with Gasteiger partial charge in [-0.05, 0) is 50.8 Å². The van der Waals surface area contributed by atoms with Gasteiger partial charge in [0.2, 0.25) is 5.82 Å². The van der Waals surface area contributed by atoms with Crippen LogP contribution in [0.3, 0.4) is 0 Å². The maximum Gasteiger partial charge on any atom is 0.258 e. The van der Waals surface area contributed by atoms with Gasteiger partial charge < -0.3 is 15.0 Å². The third-order valence-electron chi connectivity index (χ3n) is 4.03. The average Bonchev–Trinajstić information content (AvgIpc) is 2.99. The van der Waals surface area contributed by atoms with Crippen LogP contribution < -0.4 is 5.73 Å². The predicted molar refractivity (Wildman–Crippen MR) is 79.6 cm³/mol. The van der Waals surface area contributed by atoms with Crippen molar-refractivity contribution in [3.8, 4) is 11.5 Å². The van der Waals surface area contributed by atoms with Crippen molar-refractivity contribution in [2.45, 2.75) is 38.2 Å². The van der Waals surface area contributed by atoms with Crippen molar-refractivity contribution in [2.75, 3.05) is 13.2 Å². The van der Waals surface area contributed by atoms with Crippen LogP contribution in [-0.4, -0.2) is 23.3 Å². The largest absolute Gasteiger partial charge is 0.367 e. The van der Waals surface area contributed by atoms with Gasteiger partial charge in [0, 0.05) is 12.2 Å². The number of hydrogen-bond donors (Lipinski definition) is 1. The summed E-state index contributed by atoms with van der Waals surface area (Å²) in [5.74, 6) is 1.18. The van der Waals surface area contributed by atoms with E-state index in [2.05, 4.69) is 10.1 Å². The molecule has 0 radical (unpaired) electrons. The summed E-state index contributed by atoms with van der Waals surface area (Å²) in [6.45, 7) is 3.38. The number of nitrogens with two attached hydrogens (primary N) is 1. The van der Waals surface area contributed by atoms with Crippen LogP contribution in [0.15, 0.2) is 28.8 Å². The highest BCUT2D eigenvalue weighted by atomic mass is 16.5. The molecule has 1 aliphatic rings. The van der Waals surface area contributed by atoms with Crippen molar-refractivity contribution in [1.82, 2.24) is 10.1 Å². The van der Waals surface area contributed by atoms with E-state index in [9.17, 15) is 0 Å². The fourth-order valence-electron chi connectivity index (χ4n) is 2.76. The third kappa shape index (κ3) is 2.84. The molecule has 21 heavy (non-hydrogen) atoms. The standard InChI is InChI=1S/C16H21N3O2/c1-16(9-4-5-11-20-16)15-18-14(21-19-15)13-7-3-2-6-12(13)8-10-17/h2-3,6-7H,4-5,8-11,17H2,1H3. The van der Waals surface area contributed by atoms with Gasteiger partial charge in [-0.3, -0.25) is 0 Å². The van der Waals surface area contributed by atoms with Gasteiger partial charge >= 0.3 is 0 Å². The Balaban J connectivity index is 1.91. The zero-order chi connectivity index (χ0) is 14.7. The Morgan fingerprint density at radius 1 is 1.29 bits per heavy atom. The van der Waals surface area contributed by atoms with Crippen molar-refractivity contribution in [2.24, 2.45) is 5.73 Å². The van der Waals surface area contributed by atoms with Gasteiger partial charge in [-0.15, -0.1) is 0 Å². The van der Waals surface area contributed by atoms with E-state index in [0.717, 1.165) is 43.4 Å². The van der Waals surface area contributed by atoms with Crippen molar-refractivity contribution in [1.29, 1.82) is 0 Å². The zero-order valence-electron chi connectivity index (χ0n) is 12.3. The minimum Gasteiger partial charge on any atom is -0.367 e. The first-order chi connectivity index (χ1) is 10.2. The Kier molecular flexibility index (Phi) is 4.03. The molecule has 0 amide bonds. The minimum absolute atomic E-state index is 0.428. The molecule has 1 aromatic carbocycles. The smallest absolute Gasteiger partial charge is 0.258 e. The van der Waals surface area contributed by atoms with Gasteiger partial charge in [-0.1, -0.05) is 23.4 Å². The Labute approximate surface area is 124 Å². The summed E-state index contributed by atoms with van der Waals surface area (Å²) in [6, 6.07) is 8.01. The van der Waals surface area contributed by atoms with E-state index in [1.165, 1.54) is 0 Å². The zero-order valence-corrected chi connectivity index (χ0v) is 12.3. The quantitative estimate of drug-likeness (QED) is 0.935. The topological polar surface area (TPSA) is 74.2 Å². The Morgan fingerprint density at radius 3 is 2.90 bits per heavy atom.